The summed E-state index contributed by atoms with van der Waals surface area (Å²) >= 11 is 0. The van der Waals surface area contributed by atoms with Gasteiger partial charge in [0, 0.05) is 6.54 Å². The maximum Gasteiger partial charge on any atom is 0.259 e. The molecule has 7 heteroatoms. The van der Waals surface area contributed by atoms with Crippen molar-refractivity contribution in [3.63, 3.8) is 0 Å². The monoisotopic (exact) mass is 326 g/mol. The van der Waals surface area contributed by atoms with E-state index in [1.165, 1.54) is 6.20 Å². The molecule has 2 aromatic heterocycles. The van der Waals surface area contributed by atoms with Gasteiger partial charge in [-0.15, -0.1) is 0 Å². The molecule has 0 saturated carbocycles. The van der Waals surface area contributed by atoms with Crippen LogP contribution in [0.15, 0.2) is 35.3 Å². The molecule has 24 heavy (non-hydrogen) atoms. The number of amides is 1. The maximum absolute atomic E-state index is 13.0. The summed E-state index contributed by atoms with van der Waals surface area (Å²) in [4.78, 5) is 29.9. The maximum atomic E-state index is 13.0. The lowest BCUT2D eigenvalue weighted by molar-refractivity contribution is -0.0386. The second-order valence-corrected chi connectivity index (χ2v) is 6.24. The van der Waals surface area contributed by atoms with Crippen LogP contribution >= 0.6 is 0 Å². The first-order valence-corrected chi connectivity index (χ1v) is 7.97. The zero-order chi connectivity index (χ0) is 16.8. The summed E-state index contributed by atoms with van der Waals surface area (Å²) < 4.78 is 7.19. The predicted molar refractivity (Wildman–Crippen MR) is 89.2 cm³/mol. The van der Waals surface area contributed by atoms with Crippen molar-refractivity contribution in [3.8, 4) is 0 Å². The van der Waals surface area contributed by atoms with Crippen LogP contribution in [0.5, 0.6) is 0 Å². The van der Waals surface area contributed by atoms with Crippen LogP contribution in [0, 0.1) is 0 Å². The Balaban J connectivity index is 1.86. The number of nitrogens with zero attached hydrogens (tertiary/aromatic N) is 3. The summed E-state index contributed by atoms with van der Waals surface area (Å²) in [6.07, 6.45) is 1.51. The van der Waals surface area contributed by atoms with Crippen LogP contribution in [0.2, 0.25) is 0 Å². The Morgan fingerprint density at radius 2 is 2.12 bits per heavy atom. The number of aromatic nitrogens is 3. The van der Waals surface area contributed by atoms with E-state index >= 15 is 0 Å². The SMILES string of the molecule is CC1CN(C(=O)c2cnn3c2[nH]c(=O)c2ccccc23)C(C)CO1. The van der Waals surface area contributed by atoms with Crippen molar-refractivity contribution in [1.82, 2.24) is 19.5 Å². The summed E-state index contributed by atoms with van der Waals surface area (Å²) in [6, 6.07) is 7.18. The van der Waals surface area contributed by atoms with Gasteiger partial charge in [0.25, 0.3) is 11.5 Å². The Morgan fingerprint density at radius 3 is 2.96 bits per heavy atom. The van der Waals surface area contributed by atoms with E-state index < -0.39 is 0 Å². The number of para-hydroxylation sites is 1. The van der Waals surface area contributed by atoms with E-state index in [0.29, 0.717) is 35.3 Å². The smallest absolute Gasteiger partial charge is 0.259 e. The molecule has 4 rings (SSSR count). The molecule has 1 fully saturated rings. The molecule has 2 atom stereocenters. The van der Waals surface area contributed by atoms with E-state index in [-0.39, 0.29) is 23.6 Å². The Morgan fingerprint density at radius 1 is 1.33 bits per heavy atom. The van der Waals surface area contributed by atoms with Crippen LogP contribution in [0.3, 0.4) is 0 Å². The number of morpholine rings is 1. The number of fused-ring (bicyclic) bond motifs is 3. The van der Waals surface area contributed by atoms with Gasteiger partial charge in [-0.25, -0.2) is 4.52 Å². The van der Waals surface area contributed by atoms with Crippen LogP contribution in [-0.4, -0.2) is 50.7 Å². The Hall–Kier alpha value is -2.67. The lowest BCUT2D eigenvalue weighted by atomic mass is 10.1. The first-order chi connectivity index (χ1) is 11.6. The average molecular weight is 326 g/mol. The molecule has 124 valence electrons. The molecule has 3 heterocycles. The number of ether oxygens (including phenoxy) is 1. The number of nitrogens with one attached hydrogen (secondary N) is 1. The quantitative estimate of drug-likeness (QED) is 0.733. The van der Waals surface area contributed by atoms with Crippen LogP contribution in [0.25, 0.3) is 16.6 Å². The minimum Gasteiger partial charge on any atom is -0.375 e. The first kappa shape index (κ1) is 14.9. The fourth-order valence-electron chi connectivity index (χ4n) is 3.17. The third-order valence-electron chi connectivity index (χ3n) is 4.48. The second-order valence-electron chi connectivity index (χ2n) is 6.24. The van der Waals surface area contributed by atoms with E-state index in [1.54, 1.807) is 21.5 Å². The number of carbonyl (C=O) groups is 1. The van der Waals surface area contributed by atoms with Crippen LogP contribution in [0.4, 0.5) is 0 Å². The highest BCUT2D eigenvalue weighted by Gasteiger charge is 2.30. The Bertz CT molecular complexity index is 990. The van der Waals surface area contributed by atoms with Crippen molar-refractivity contribution in [2.45, 2.75) is 26.0 Å². The van der Waals surface area contributed by atoms with E-state index in [9.17, 15) is 9.59 Å². The van der Waals surface area contributed by atoms with Gasteiger partial charge < -0.3 is 14.6 Å². The van der Waals surface area contributed by atoms with E-state index in [2.05, 4.69) is 10.1 Å². The van der Waals surface area contributed by atoms with Gasteiger partial charge in [-0.05, 0) is 26.0 Å². The highest BCUT2D eigenvalue weighted by Crippen LogP contribution is 2.19. The molecule has 0 spiro atoms. The zero-order valence-corrected chi connectivity index (χ0v) is 13.5. The number of benzene rings is 1. The van der Waals surface area contributed by atoms with E-state index in [4.69, 9.17) is 4.74 Å². The molecule has 2 unspecified atom stereocenters. The molecule has 0 radical (unpaired) electrons. The standard InChI is InChI=1S/C17H18N4O3/c1-10-9-24-11(2)8-20(10)17(23)13-7-18-21-14-6-4-3-5-12(14)16(22)19-15(13)21/h3-7,10-11H,8-9H2,1-2H3,(H,19,22). The van der Waals surface area contributed by atoms with Crippen molar-refractivity contribution < 1.29 is 9.53 Å². The molecule has 0 aliphatic carbocycles. The van der Waals surface area contributed by atoms with Crippen molar-refractivity contribution >= 4 is 22.5 Å². The van der Waals surface area contributed by atoms with E-state index in [0.717, 1.165) is 0 Å². The van der Waals surface area contributed by atoms with Gasteiger partial charge in [0.1, 0.15) is 11.2 Å². The molecule has 7 nitrogen and oxygen atoms in total. The predicted octanol–water partition coefficient (Wildman–Crippen LogP) is 1.43. The topological polar surface area (TPSA) is 79.7 Å². The molecule has 1 aliphatic rings. The summed E-state index contributed by atoms with van der Waals surface area (Å²) in [5.41, 5.74) is 1.28. The first-order valence-electron chi connectivity index (χ1n) is 7.97. The third-order valence-corrected chi connectivity index (χ3v) is 4.48. The van der Waals surface area contributed by atoms with Crippen molar-refractivity contribution in [2.24, 2.45) is 0 Å². The molecule has 1 aliphatic heterocycles. The normalized spacial score (nSPS) is 21.5. The fourth-order valence-corrected chi connectivity index (χ4v) is 3.17. The largest absolute Gasteiger partial charge is 0.375 e. The molecule has 3 aromatic rings. The third kappa shape index (κ3) is 2.20. The van der Waals surface area contributed by atoms with Crippen molar-refractivity contribution in [2.75, 3.05) is 13.2 Å². The molecule has 1 amide bonds. The summed E-state index contributed by atoms with van der Waals surface area (Å²) in [5.74, 6) is -0.140. The average Bonchev–Trinajstić information content (AvgIpc) is 3.00. The molecule has 0 bridgehead atoms. The molecular formula is C17H18N4O3. The highest BCUT2D eigenvalue weighted by atomic mass is 16.5. The molecule has 1 N–H and O–H groups in total. The molecular weight excluding hydrogens is 308 g/mol. The van der Waals surface area contributed by atoms with Crippen molar-refractivity contribution in [1.29, 1.82) is 0 Å². The van der Waals surface area contributed by atoms with Gasteiger partial charge >= 0.3 is 0 Å². The van der Waals surface area contributed by atoms with Gasteiger partial charge in [0.05, 0.1) is 35.9 Å². The van der Waals surface area contributed by atoms with Gasteiger partial charge in [0.15, 0.2) is 0 Å². The number of hydrogen-bond acceptors (Lipinski definition) is 4. The second kappa shape index (κ2) is 5.45. The Labute approximate surface area is 137 Å². The summed E-state index contributed by atoms with van der Waals surface area (Å²) in [6.45, 7) is 4.92. The molecule has 1 aromatic carbocycles. The minimum absolute atomic E-state index is 0.00753. The van der Waals surface area contributed by atoms with Gasteiger partial charge in [-0.1, -0.05) is 12.1 Å². The summed E-state index contributed by atoms with van der Waals surface area (Å²) in [7, 11) is 0. The lowest BCUT2D eigenvalue weighted by Gasteiger charge is -2.36. The molecule has 1 saturated heterocycles. The minimum atomic E-state index is -0.226. The van der Waals surface area contributed by atoms with Crippen LogP contribution in [0.1, 0.15) is 24.2 Å². The van der Waals surface area contributed by atoms with Gasteiger partial charge in [-0.2, -0.15) is 5.10 Å². The fraction of sp³-hybridized carbons (Fsp3) is 0.353. The highest BCUT2D eigenvalue weighted by molar-refractivity contribution is 6.00. The van der Waals surface area contributed by atoms with Crippen LogP contribution in [-0.2, 0) is 4.74 Å². The number of carbonyl (C=O) groups excluding carboxylic acids is 1. The summed E-state index contributed by atoms with van der Waals surface area (Å²) in [5, 5.41) is 4.86. The number of hydrogen-bond donors (Lipinski definition) is 1. The lowest BCUT2D eigenvalue weighted by Crippen LogP contribution is -2.50. The van der Waals surface area contributed by atoms with Gasteiger partial charge in [-0.3, -0.25) is 9.59 Å². The number of H-pyrrole nitrogens is 1. The number of aromatic amines is 1. The van der Waals surface area contributed by atoms with Crippen molar-refractivity contribution in [3.05, 3.63) is 46.4 Å². The van der Waals surface area contributed by atoms with Gasteiger partial charge in [0.2, 0.25) is 0 Å². The van der Waals surface area contributed by atoms with E-state index in [1.807, 2.05) is 26.0 Å². The number of rotatable bonds is 1. The van der Waals surface area contributed by atoms with Crippen LogP contribution < -0.4 is 5.56 Å². The Kier molecular flexibility index (Phi) is 3.38. The zero-order valence-electron chi connectivity index (χ0n) is 13.5.